The lowest BCUT2D eigenvalue weighted by molar-refractivity contribution is -0.140. The number of aliphatic hydroxyl groups is 1. The van der Waals surface area contributed by atoms with Gasteiger partial charge in [-0.3, -0.25) is 9.59 Å². The van der Waals surface area contributed by atoms with E-state index in [1.54, 1.807) is 42.5 Å². The minimum absolute atomic E-state index is 0.0130. The van der Waals surface area contributed by atoms with E-state index in [9.17, 15) is 14.7 Å². The SMILES string of the molecule is O=C1C(=O)N(Cc2ccco2)C(c2ccc(Cl)cc2Cl)/C1=C(\O)c1ccc2c(c1)OCCO2. The minimum Gasteiger partial charge on any atom is -0.507 e. The van der Waals surface area contributed by atoms with E-state index in [1.807, 2.05) is 0 Å². The molecule has 2 aromatic carbocycles. The number of halogens is 2. The summed E-state index contributed by atoms with van der Waals surface area (Å²) in [6.07, 6.45) is 1.48. The summed E-state index contributed by atoms with van der Waals surface area (Å²) in [5, 5.41) is 11.9. The van der Waals surface area contributed by atoms with Crippen molar-refractivity contribution in [2.24, 2.45) is 0 Å². The van der Waals surface area contributed by atoms with Crippen molar-refractivity contribution in [2.45, 2.75) is 12.6 Å². The molecule has 1 amide bonds. The van der Waals surface area contributed by atoms with Crippen LogP contribution < -0.4 is 9.47 Å². The van der Waals surface area contributed by atoms with Crippen LogP contribution in [0, 0.1) is 0 Å². The van der Waals surface area contributed by atoms with E-state index < -0.39 is 17.7 Å². The summed E-state index contributed by atoms with van der Waals surface area (Å²) in [7, 11) is 0. The fourth-order valence-electron chi connectivity index (χ4n) is 4.01. The normalized spacial score (nSPS) is 19.2. The molecule has 5 rings (SSSR count). The summed E-state index contributed by atoms with van der Waals surface area (Å²) >= 11 is 12.5. The predicted octanol–water partition coefficient (Wildman–Crippen LogP) is 4.98. The minimum atomic E-state index is -0.951. The molecule has 1 N–H and O–H groups in total. The number of Topliss-reactive ketones (excluding diaryl/α,β-unsaturated/α-hetero) is 1. The lowest BCUT2D eigenvalue weighted by Gasteiger charge is -2.25. The summed E-state index contributed by atoms with van der Waals surface area (Å²) in [6, 6.07) is 12.0. The van der Waals surface area contributed by atoms with Gasteiger partial charge in [-0.2, -0.15) is 0 Å². The molecule has 0 spiro atoms. The fraction of sp³-hybridized carbons (Fsp3) is 0.167. The number of furan rings is 1. The van der Waals surface area contributed by atoms with Gasteiger partial charge in [-0.05, 0) is 48.0 Å². The van der Waals surface area contributed by atoms with E-state index >= 15 is 0 Å². The molecule has 2 aliphatic rings. The maximum absolute atomic E-state index is 13.1. The molecule has 3 heterocycles. The van der Waals surface area contributed by atoms with Gasteiger partial charge in [-0.1, -0.05) is 29.3 Å². The molecule has 1 unspecified atom stereocenters. The lowest BCUT2D eigenvalue weighted by Crippen LogP contribution is -2.29. The standard InChI is InChI=1S/C24H17Cl2NO6/c25-14-4-5-16(17(26)11-14)21-20(23(29)24(30)27(21)12-15-2-1-7-31-15)22(28)13-3-6-18-19(10-13)33-9-8-32-18/h1-7,10-11,21,28H,8-9,12H2/b22-20+. The summed E-state index contributed by atoms with van der Waals surface area (Å²) in [4.78, 5) is 27.5. The van der Waals surface area contributed by atoms with Gasteiger partial charge in [0.1, 0.15) is 24.7 Å². The Balaban J connectivity index is 1.66. The van der Waals surface area contributed by atoms with Crippen LogP contribution in [0.3, 0.4) is 0 Å². The fourth-order valence-corrected chi connectivity index (χ4v) is 4.52. The highest BCUT2D eigenvalue weighted by atomic mass is 35.5. The zero-order valence-electron chi connectivity index (χ0n) is 17.1. The second-order valence-electron chi connectivity index (χ2n) is 7.53. The molecule has 0 bridgehead atoms. The number of fused-ring (bicyclic) bond motifs is 1. The highest BCUT2D eigenvalue weighted by Crippen LogP contribution is 2.44. The number of rotatable bonds is 4. The second-order valence-corrected chi connectivity index (χ2v) is 8.37. The van der Waals surface area contributed by atoms with Crippen molar-refractivity contribution in [1.82, 2.24) is 4.90 Å². The van der Waals surface area contributed by atoms with Gasteiger partial charge in [0.15, 0.2) is 11.5 Å². The van der Waals surface area contributed by atoms with Crippen molar-refractivity contribution in [1.29, 1.82) is 0 Å². The van der Waals surface area contributed by atoms with Crippen LogP contribution in [-0.4, -0.2) is 34.9 Å². The van der Waals surface area contributed by atoms with Crippen molar-refractivity contribution in [3.05, 3.63) is 87.3 Å². The third-order valence-electron chi connectivity index (χ3n) is 5.52. The number of aliphatic hydroxyl groups excluding tert-OH is 1. The molecule has 0 radical (unpaired) electrons. The Labute approximate surface area is 198 Å². The molecule has 7 nitrogen and oxygen atoms in total. The number of ether oxygens (including phenoxy) is 2. The number of likely N-dealkylation sites (tertiary alicyclic amines) is 1. The number of hydrogen-bond donors (Lipinski definition) is 1. The molecule has 9 heteroatoms. The second kappa shape index (κ2) is 8.50. The molecule has 0 aliphatic carbocycles. The Hall–Kier alpha value is -3.42. The first-order valence-corrected chi connectivity index (χ1v) is 10.9. The zero-order valence-corrected chi connectivity index (χ0v) is 18.6. The molecule has 1 saturated heterocycles. The average molecular weight is 486 g/mol. The van der Waals surface area contributed by atoms with Gasteiger partial charge in [-0.25, -0.2) is 0 Å². The molecule has 2 aliphatic heterocycles. The molecule has 3 aromatic rings. The third-order valence-corrected chi connectivity index (χ3v) is 6.08. The Morgan fingerprint density at radius 2 is 1.82 bits per heavy atom. The molecular formula is C24H17Cl2NO6. The van der Waals surface area contributed by atoms with Gasteiger partial charge in [0.05, 0.1) is 24.4 Å². The molecule has 33 heavy (non-hydrogen) atoms. The van der Waals surface area contributed by atoms with Crippen LogP contribution in [0.1, 0.15) is 22.9 Å². The molecule has 1 fully saturated rings. The summed E-state index contributed by atoms with van der Waals surface area (Å²) in [6.45, 7) is 0.801. The van der Waals surface area contributed by atoms with Gasteiger partial charge in [0.25, 0.3) is 11.7 Å². The summed E-state index contributed by atoms with van der Waals surface area (Å²) in [5.74, 6) is -0.495. The van der Waals surface area contributed by atoms with Crippen LogP contribution in [0.2, 0.25) is 10.0 Å². The highest BCUT2D eigenvalue weighted by Gasteiger charge is 2.47. The summed E-state index contributed by atoms with van der Waals surface area (Å²) < 4.78 is 16.5. The predicted molar refractivity (Wildman–Crippen MR) is 120 cm³/mol. The van der Waals surface area contributed by atoms with E-state index in [4.69, 9.17) is 37.1 Å². The number of hydrogen-bond acceptors (Lipinski definition) is 6. The zero-order chi connectivity index (χ0) is 23.1. The van der Waals surface area contributed by atoms with Crippen LogP contribution in [0.5, 0.6) is 11.5 Å². The van der Waals surface area contributed by atoms with Crippen molar-refractivity contribution >= 4 is 40.7 Å². The maximum atomic E-state index is 13.1. The topological polar surface area (TPSA) is 89.2 Å². The molecular weight excluding hydrogens is 469 g/mol. The van der Waals surface area contributed by atoms with Gasteiger partial charge in [0, 0.05) is 15.6 Å². The summed E-state index contributed by atoms with van der Waals surface area (Å²) in [5.41, 5.74) is 0.670. The Morgan fingerprint density at radius 1 is 1.03 bits per heavy atom. The number of ketones is 1. The van der Waals surface area contributed by atoms with Crippen molar-refractivity contribution in [3.63, 3.8) is 0 Å². The maximum Gasteiger partial charge on any atom is 0.296 e. The largest absolute Gasteiger partial charge is 0.507 e. The highest BCUT2D eigenvalue weighted by molar-refractivity contribution is 6.47. The van der Waals surface area contributed by atoms with E-state index in [0.29, 0.717) is 46.6 Å². The van der Waals surface area contributed by atoms with Crippen LogP contribution in [0.15, 0.2) is 64.8 Å². The first-order valence-electron chi connectivity index (χ1n) is 10.1. The molecule has 1 atom stereocenters. The van der Waals surface area contributed by atoms with Gasteiger partial charge in [-0.15, -0.1) is 0 Å². The Bertz CT molecular complexity index is 1280. The quantitative estimate of drug-likeness (QED) is 0.318. The van der Waals surface area contributed by atoms with E-state index in [-0.39, 0.29) is 22.9 Å². The Morgan fingerprint density at radius 3 is 2.55 bits per heavy atom. The van der Waals surface area contributed by atoms with Crippen LogP contribution in [0.25, 0.3) is 5.76 Å². The van der Waals surface area contributed by atoms with Crippen LogP contribution in [0.4, 0.5) is 0 Å². The van der Waals surface area contributed by atoms with Gasteiger partial charge in [0.2, 0.25) is 0 Å². The number of carbonyl (C=O) groups is 2. The smallest absolute Gasteiger partial charge is 0.296 e. The van der Waals surface area contributed by atoms with Crippen molar-refractivity contribution in [3.8, 4) is 11.5 Å². The lowest BCUT2D eigenvalue weighted by atomic mass is 9.95. The molecule has 168 valence electrons. The van der Waals surface area contributed by atoms with Gasteiger partial charge < -0.3 is 23.9 Å². The molecule has 0 saturated carbocycles. The first kappa shape index (κ1) is 21.4. The monoisotopic (exact) mass is 485 g/mol. The van der Waals surface area contributed by atoms with E-state index in [0.717, 1.165) is 0 Å². The van der Waals surface area contributed by atoms with Crippen LogP contribution in [-0.2, 0) is 16.1 Å². The van der Waals surface area contributed by atoms with Gasteiger partial charge >= 0.3 is 0 Å². The van der Waals surface area contributed by atoms with E-state index in [1.165, 1.54) is 17.2 Å². The van der Waals surface area contributed by atoms with Crippen molar-refractivity contribution in [2.75, 3.05) is 13.2 Å². The number of benzene rings is 2. The first-order chi connectivity index (χ1) is 15.9. The van der Waals surface area contributed by atoms with Crippen LogP contribution >= 0.6 is 23.2 Å². The average Bonchev–Trinajstić information content (AvgIpc) is 3.41. The number of nitrogens with zero attached hydrogens (tertiary/aromatic N) is 1. The Kier molecular flexibility index (Phi) is 5.52. The number of carbonyl (C=O) groups excluding carboxylic acids is 2. The molecule has 1 aromatic heterocycles. The van der Waals surface area contributed by atoms with Crippen molar-refractivity contribution < 1.29 is 28.6 Å². The number of amides is 1. The van der Waals surface area contributed by atoms with E-state index in [2.05, 4.69) is 0 Å². The third kappa shape index (κ3) is 3.83.